The molecule has 5 rings (SSSR count). The van der Waals surface area contributed by atoms with E-state index in [0.717, 1.165) is 36.6 Å². The van der Waals surface area contributed by atoms with E-state index in [0.29, 0.717) is 18.0 Å². The Kier molecular flexibility index (Phi) is 6.21. The van der Waals surface area contributed by atoms with E-state index in [1.165, 1.54) is 16.7 Å². The summed E-state index contributed by atoms with van der Waals surface area (Å²) in [6, 6.07) is 29.4. The Hall–Kier alpha value is -3.46. The van der Waals surface area contributed by atoms with Crippen LogP contribution in [0.25, 0.3) is 10.9 Å². The standard InChI is InChI=1S/C30H30N2O/c1-22-9-5-6-13-26(22)21-32(28-17-15-24(16-18-28)23-10-3-2-4-11-23)30(33)27-19-25-12-7-8-14-29(25)31-20-27/h2-14,19-20,24,28H,15-18,21H2,1H3. The minimum absolute atomic E-state index is 0.0830. The first-order valence-corrected chi connectivity index (χ1v) is 11.9. The molecule has 0 atom stereocenters. The summed E-state index contributed by atoms with van der Waals surface area (Å²) in [4.78, 5) is 20.5. The lowest BCUT2D eigenvalue weighted by Crippen LogP contribution is -2.42. The molecule has 166 valence electrons. The summed E-state index contributed by atoms with van der Waals surface area (Å²) in [6.45, 7) is 2.76. The third kappa shape index (κ3) is 4.68. The first-order chi connectivity index (χ1) is 16.2. The van der Waals surface area contributed by atoms with Crippen molar-refractivity contribution in [3.05, 3.63) is 113 Å². The molecule has 0 saturated heterocycles. The Labute approximate surface area is 196 Å². The maximum atomic E-state index is 13.8. The van der Waals surface area contributed by atoms with Gasteiger partial charge in [-0.25, -0.2) is 0 Å². The number of fused-ring (bicyclic) bond motifs is 1. The number of rotatable bonds is 5. The summed E-state index contributed by atoms with van der Waals surface area (Å²) in [7, 11) is 0. The van der Waals surface area contributed by atoms with E-state index in [1.54, 1.807) is 6.20 Å². The van der Waals surface area contributed by atoms with Crippen molar-refractivity contribution in [2.45, 2.75) is 51.1 Å². The normalized spacial score (nSPS) is 18.2. The van der Waals surface area contributed by atoms with Gasteiger partial charge in [-0.05, 0) is 67.3 Å². The first kappa shape index (κ1) is 21.4. The molecular formula is C30H30N2O. The Balaban J connectivity index is 1.41. The molecular weight excluding hydrogens is 404 g/mol. The van der Waals surface area contributed by atoms with Gasteiger partial charge in [0.25, 0.3) is 5.91 Å². The van der Waals surface area contributed by atoms with Crippen molar-refractivity contribution in [1.29, 1.82) is 0 Å². The number of aromatic nitrogens is 1. The summed E-state index contributed by atoms with van der Waals surface area (Å²) >= 11 is 0. The fourth-order valence-corrected chi connectivity index (χ4v) is 5.14. The average Bonchev–Trinajstić information content (AvgIpc) is 2.88. The number of amides is 1. The zero-order valence-electron chi connectivity index (χ0n) is 19.2. The van der Waals surface area contributed by atoms with Crippen LogP contribution in [-0.2, 0) is 6.54 Å². The van der Waals surface area contributed by atoms with E-state index in [4.69, 9.17) is 0 Å². The largest absolute Gasteiger partial charge is 0.331 e. The van der Waals surface area contributed by atoms with Gasteiger partial charge >= 0.3 is 0 Å². The number of para-hydroxylation sites is 1. The second-order valence-electron chi connectivity index (χ2n) is 9.19. The maximum absolute atomic E-state index is 13.8. The molecule has 0 unspecified atom stereocenters. The quantitative estimate of drug-likeness (QED) is 0.342. The van der Waals surface area contributed by atoms with Crippen molar-refractivity contribution in [2.75, 3.05) is 0 Å². The minimum Gasteiger partial charge on any atom is -0.331 e. The van der Waals surface area contributed by atoms with Crippen molar-refractivity contribution in [3.63, 3.8) is 0 Å². The van der Waals surface area contributed by atoms with Gasteiger partial charge in [0.15, 0.2) is 0 Å². The van der Waals surface area contributed by atoms with E-state index in [2.05, 4.69) is 71.4 Å². The number of nitrogens with zero attached hydrogens (tertiary/aromatic N) is 2. The second-order valence-corrected chi connectivity index (χ2v) is 9.19. The van der Waals surface area contributed by atoms with E-state index in [-0.39, 0.29) is 11.9 Å². The van der Waals surface area contributed by atoms with Crippen LogP contribution in [0.5, 0.6) is 0 Å². The first-order valence-electron chi connectivity index (χ1n) is 11.9. The number of carbonyl (C=O) groups is 1. The molecule has 0 bridgehead atoms. The third-order valence-electron chi connectivity index (χ3n) is 7.11. The third-order valence-corrected chi connectivity index (χ3v) is 7.11. The lowest BCUT2D eigenvalue weighted by Gasteiger charge is -2.37. The van der Waals surface area contributed by atoms with Crippen molar-refractivity contribution in [1.82, 2.24) is 9.88 Å². The number of benzene rings is 3. The molecule has 1 saturated carbocycles. The molecule has 0 spiro atoms. The molecule has 0 aliphatic heterocycles. The Morgan fingerprint density at radius 1 is 0.879 bits per heavy atom. The van der Waals surface area contributed by atoms with Gasteiger partial charge < -0.3 is 4.90 Å². The van der Waals surface area contributed by atoms with Crippen LogP contribution in [0.15, 0.2) is 91.1 Å². The molecule has 1 fully saturated rings. The van der Waals surface area contributed by atoms with Crippen LogP contribution in [-0.4, -0.2) is 21.8 Å². The number of aryl methyl sites for hydroxylation is 1. The molecule has 1 heterocycles. The highest BCUT2D eigenvalue weighted by molar-refractivity contribution is 5.97. The van der Waals surface area contributed by atoms with Crippen LogP contribution < -0.4 is 0 Å². The molecule has 3 heteroatoms. The van der Waals surface area contributed by atoms with E-state index in [9.17, 15) is 4.79 Å². The molecule has 0 radical (unpaired) electrons. The summed E-state index contributed by atoms with van der Waals surface area (Å²) in [6.07, 6.45) is 6.02. The molecule has 1 aromatic heterocycles. The summed E-state index contributed by atoms with van der Waals surface area (Å²) in [5.74, 6) is 0.667. The SMILES string of the molecule is Cc1ccccc1CN(C(=O)c1cnc2ccccc2c1)C1CCC(c2ccccc2)CC1. The van der Waals surface area contributed by atoms with Gasteiger partial charge in [-0.2, -0.15) is 0 Å². The summed E-state index contributed by atoms with van der Waals surface area (Å²) in [5.41, 5.74) is 5.46. The highest BCUT2D eigenvalue weighted by Gasteiger charge is 2.30. The number of hydrogen-bond donors (Lipinski definition) is 0. The fraction of sp³-hybridized carbons (Fsp3) is 0.267. The van der Waals surface area contributed by atoms with Gasteiger partial charge in [-0.15, -0.1) is 0 Å². The van der Waals surface area contributed by atoms with Crippen LogP contribution in [0, 0.1) is 6.92 Å². The van der Waals surface area contributed by atoms with Crippen LogP contribution in [0.4, 0.5) is 0 Å². The Morgan fingerprint density at radius 3 is 2.36 bits per heavy atom. The molecule has 33 heavy (non-hydrogen) atoms. The Morgan fingerprint density at radius 2 is 1.58 bits per heavy atom. The molecule has 1 aliphatic rings. The number of pyridine rings is 1. The second kappa shape index (κ2) is 9.58. The molecule has 1 aliphatic carbocycles. The molecule has 1 amide bonds. The van der Waals surface area contributed by atoms with Crippen LogP contribution >= 0.6 is 0 Å². The zero-order valence-corrected chi connectivity index (χ0v) is 19.2. The van der Waals surface area contributed by atoms with Crippen LogP contribution in [0.1, 0.15) is 58.6 Å². The van der Waals surface area contributed by atoms with Gasteiger partial charge in [0, 0.05) is 24.2 Å². The van der Waals surface area contributed by atoms with Gasteiger partial charge in [-0.3, -0.25) is 9.78 Å². The molecule has 4 aromatic rings. The number of carbonyl (C=O) groups excluding carboxylic acids is 1. The minimum atomic E-state index is 0.0830. The number of hydrogen-bond acceptors (Lipinski definition) is 2. The molecule has 3 nitrogen and oxygen atoms in total. The average molecular weight is 435 g/mol. The van der Waals surface area contributed by atoms with E-state index >= 15 is 0 Å². The van der Waals surface area contributed by atoms with Gasteiger partial charge in [0.05, 0.1) is 11.1 Å². The maximum Gasteiger partial charge on any atom is 0.255 e. The molecule has 0 N–H and O–H groups in total. The van der Waals surface area contributed by atoms with Crippen molar-refractivity contribution in [3.8, 4) is 0 Å². The zero-order chi connectivity index (χ0) is 22.6. The van der Waals surface area contributed by atoms with Gasteiger partial charge in [-0.1, -0.05) is 72.8 Å². The fourth-order valence-electron chi connectivity index (χ4n) is 5.14. The lowest BCUT2D eigenvalue weighted by atomic mass is 9.81. The predicted octanol–water partition coefficient (Wildman–Crippen LogP) is 6.91. The highest BCUT2D eigenvalue weighted by atomic mass is 16.2. The topological polar surface area (TPSA) is 33.2 Å². The highest BCUT2D eigenvalue weighted by Crippen LogP contribution is 2.36. The van der Waals surface area contributed by atoms with E-state index < -0.39 is 0 Å². The lowest BCUT2D eigenvalue weighted by molar-refractivity contribution is 0.0605. The monoisotopic (exact) mass is 434 g/mol. The van der Waals surface area contributed by atoms with Gasteiger partial charge in [0.2, 0.25) is 0 Å². The van der Waals surface area contributed by atoms with Crippen LogP contribution in [0.2, 0.25) is 0 Å². The smallest absolute Gasteiger partial charge is 0.255 e. The Bertz CT molecular complexity index is 1240. The molecule has 3 aromatic carbocycles. The van der Waals surface area contributed by atoms with Crippen molar-refractivity contribution in [2.24, 2.45) is 0 Å². The summed E-state index contributed by atoms with van der Waals surface area (Å²) < 4.78 is 0. The van der Waals surface area contributed by atoms with Crippen molar-refractivity contribution < 1.29 is 4.79 Å². The van der Waals surface area contributed by atoms with Crippen LogP contribution in [0.3, 0.4) is 0 Å². The predicted molar refractivity (Wildman–Crippen MR) is 134 cm³/mol. The van der Waals surface area contributed by atoms with E-state index in [1.807, 2.05) is 30.3 Å². The summed E-state index contributed by atoms with van der Waals surface area (Å²) in [5, 5.41) is 1.01. The van der Waals surface area contributed by atoms with Crippen molar-refractivity contribution >= 4 is 16.8 Å². The van der Waals surface area contributed by atoms with Gasteiger partial charge in [0.1, 0.15) is 0 Å².